The molecule has 0 spiro atoms. The summed E-state index contributed by atoms with van der Waals surface area (Å²) in [6.07, 6.45) is 0. The lowest BCUT2D eigenvalue weighted by molar-refractivity contribution is -0.402. The van der Waals surface area contributed by atoms with E-state index < -0.39 is 22.6 Å². The van der Waals surface area contributed by atoms with Crippen molar-refractivity contribution in [2.24, 2.45) is 5.92 Å². The molecule has 11 nitrogen and oxygen atoms in total. The molecule has 2 aromatic rings. The number of nitrogens with one attached hydrogen (secondary N) is 1. The third-order valence-electron chi connectivity index (χ3n) is 4.45. The van der Waals surface area contributed by atoms with E-state index in [0.29, 0.717) is 22.9 Å². The molecule has 29 heavy (non-hydrogen) atoms. The van der Waals surface area contributed by atoms with Gasteiger partial charge in [0.25, 0.3) is 5.91 Å². The van der Waals surface area contributed by atoms with Crippen molar-refractivity contribution in [1.29, 1.82) is 0 Å². The van der Waals surface area contributed by atoms with Crippen molar-refractivity contribution < 1.29 is 33.1 Å². The van der Waals surface area contributed by atoms with Crippen molar-refractivity contribution in [2.45, 2.75) is 0 Å². The van der Waals surface area contributed by atoms with Crippen LogP contribution in [-0.4, -0.2) is 56.1 Å². The number of hydrogen-bond acceptors (Lipinski definition) is 8. The molecule has 1 aromatic heterocycles. The van der Waals surface area contributed by atoms with Gasteiger partial charge in [-0.15, -0.1) is 0 Å². The number of furan rings is 1. The predicted molar refractivity (Wildman–Crippen MR) is 99.5 cm³/mol. The highest BCUT2D eigenvalue weighted by Gasteiger charge is 2.37. The number of nitrogens with zero attached hydrogens (tertiary/aromatic N) is 2. The number of nitro groups is 1. The SMILES string of the molecule is COc1cc(NC(=O)C2CN(C(=O)c3ccc([N+](=O)[O-])o3)C2)cc(OC)c1OC. The molecule has 0 aliphatic carbocycles. The summed E-state index contributed by atoms with van der Waals surface area (Å²) in [7, 11) is 4.42. The second kappa shape index (κ2) is 8.09. The lowest BCUT2D eigenvalue weighted by Crippen LogP contribution is -2.54. The number of carbonyl (C=O) groups is 2. The maximum atomic E-state index is 12.5. The van der Waals surface area contributed by atoms with Crippen LogP contribution in [0.3, 0.4) is 0 Å². The van der Waals surface area contributed by atoms with Gasteiger partial charge in [0, 0.05) is 30.9 Å². The van der Waals surface area contributed by atoms with E-state index in [2.05, 4.69) is 5.32 Å². The van der Waals surface area contributed by atoms with Crippen molar-refractivity contribution in [1.82, 2.24) is 4.90 Å². The Labute approximate surface area is 165 Å². The summed E-state index contributed by atoms with van der Waals surface area (Å²) in [5.41, 5.74) is 0.455. The molecule has 1 aliphatic rings. The molecule has 0 unspecified atom stereocenters. The molecule has 0 bridgehead atoms. The first kappa shape index (κ1) is 20.0. The van der Waals surface area contributed by atoms with Gasteiger partial charge >= 0.3 is 5.88 Å². The standard InChI is InChI=1S/C18H19N3O8/c1-26-13-6-11(7-14(27-2)16(13)28-3)19-17(22)10-8-20(9-10)18(23)12-4-5-15(29-12)21(24)25/h4-7,10H,8-9H2,1-3H3,(H,19,22). The number of amides is 2. The molecular weight excluding hydrogens is 386 g/mol. The lowest BCUT2D eigenvalue weighted by atomic mass is 9.98. The van der Waals surface area contributed by atoms with Gasteiger partial charge in [-0.2, -0.15) is 0 Å². The second-order valence-electron chi connectivity index (χ2n) is 6.21. The summed E-state index contributed by atoms with van der Waals surface area (Å²) < 4.78 is 20.6. The minimum Gasteiger partial charge on any atom is -0.493 e. The molecule has 1 saturated heterocycles. The van der Waals surface area contributed by atoms with Gasteiger partial charge in [-0.3, -0.25) is 19.7 Å². The quantitative estimate of drug-likeness (QED) is 0.546. The van der Waals surface area contributed by atoms with Crippen LogP contribution in [0.2, 0.25) is 0 Å². The molecule has 1 fully saturated rings. The van der Waals surface area contributed by atoms with Gasteiger partial charge in [-0.05, 0) is 6.07 Å². The molecule has 1 aliphatic heterocycles. The summed E-state index contributed by atoms with van der Waals surface area (Å²) in [4.78, 5) is 36.0. The maximum Gasteiger partial charge on any atom is 0.433 e. The van der Waals surface area contributed by atoms with Crippen LogP contribution in [0, 0.1) is 16.0 Å². The Hall–Kier alpha value is -3.76. The van der Waals surface area contributed by atoms with Crippen LogP contribution in [0.15, 0.2) is 28.7 Å². The maximum absolute atomic E-state index is 12.5. The monoisotopic (exact) mass is 405 g/mol. The van der Waals surface area contributed by atoms with Crippen LogP contribution in [0.25, 0.3) is 0 Å². The molecule has 2 amide bonds. The summed E-state index contributed by atoms with van der Waals surface area (Å²) in [6, 6.07) is 5.55. The fraction of sp³-hybridized carbons (Fsp3) is 0.333. The first-order valence-corrected chi connectivity index (χ1v) is 8.52. The van der Waals surface area contributed by atoms with Gasteiger partial charge in [0.05, 0.1) is 33.3 Å². The highest BCUT2D eigenvalue weighted by Crippen LogP contribution is 2.40. The molecule has 0 radical (unpaired) electrons. The van der Waals surface area contributed by atoms with E-state index in [1.807, 2.05) is 0 Å². The van der Waals surface area contributed by atoms with Crippen LogP contribution >= 0.6 is 0 Å². The van der Waals surface area contributed by atoms with Gasteiger partial charge in [-0.1, -0.05) is 0 Å². The summed E-state index contributed by atoms with van der Waals surface area (Å²) in [5.74, 6) is -0.669. The molecule has 154 valence electrons. The molecule has 1 aromatic carbocycles. The molecular formula is C18H19N3O8. The molecule has 2 heterocycles. The van der Waals surface area contributed by atoms with Crippen molar-refractivity contribution in [3.05, 3.63) is 40.1 Å². The number of carbonyl (C=O) groups excluding carboxylic acids is 2. The van der Waals surface area contributed by atoms with Gasteiger partial charge < -0.3 is 28.8 Å². The van der Waals surface area contributed by atoms with Crippen LogP contribution in [0.5, 0.6) is 17.2 Å². The zero-order chi connectivity index (χ0) is 21.1. The average Bonchev–Trinajstić information content (AvgIpc) is 3.16. The van der Waals surface area contributed by atoms with E-state index in [1.165, 1.54) is 32.3 Å². The third-order valence-corrected chi connectivity index (χ3v) is 4.45. The summed E-state index contributed by atoms with van der Waals surface area (Å²) in [6.45, 7) is 0.340. The van der Waals surface area contributed by atoms with Crippen molar-refractivity contribution in [3.8, 4) is 17.2 Å². The van der Waals surface area contributed by atoms with Gasteiger partial charge in [0.1, 0.15) is 4.92 Å². The number of likely N-dealkylation sites (tertiary alicyclic amines) is 1. The van der Waals surface area contributed by atoms with Crippen molar-refractivity contribution in [3.63, 3.8) is 0 Å². The number of hydrogen-bond donors (Lipinski definition) is 1. The van der Waals surface area contributed by atoms with Gasteiger partial charge in [0.2, 0.25) is 11.7 Å². The second-order valence-corrected chi connectivity index (χ2v) is 6.21. The van der Waals surface area contributed by atoms with Crippen molar-refractivity contribution >= 4 is 23.4 Å². The van der Waals surface area contributed by atoms with E-state index in [-0.39, 0.29) is 24.8 Å². The van der Waals surface area contributed by atoms with E-state index in [4.69, 9.17) is 18.6 Å². The number of methoxy groups -OCH3 is 3. The number of ether oxygens (including phenoxy) is 3. The Kier molecular flexibility index (Phi) is 5.57. The molecule has 0 saturated carbocycles. The normalized spacial score (nSPS) is 13.4. The fourth-order valence-electron chi connectivity index (χ4n) is 2.90. The van der Waals surface area contributed by atoms with Gasteiger partial charge in [-0.25, -0.2) is 0 Å². The lowest BCUT2D eigenvalue weighted by Gasteiger charge is -2.37. The topological polar surface area (TPSA) is 133 Å². The molecule has 11 heteroatoms. The highest BCUT2D eigenvalue weighted by molar-refractivity contribution is 5.97. The average molecular weight is 405 g/mol. The van der Waals surface area contributed by atoms with E-state index in [0.717, 1.165) is 6.07 Å². The minimum absolute atomic E-state index is 0.139. The summed E-state index contributed by atoms with van der Waals surface area (Å²) >= 11 is 0. The Morgan fingerprint density at radius 1 is 1.14 bits per heavy atom. The van der Waals surface area contributed by atoms with E-state index in [9.17, 15) is 19.7 Å². The van der Waals surface area contributed by atoms with Crippen LogP contribution < -0.4 is 19.5 Å². The Bertz CT molecular complexity index is 923. The van der Waals surface area contributed by atoms with Gasteiger partial charge in [0.15, 0.2) is 17.3 Å². The third kappa shape index (κ3) is 3.93. The smallest absolute Gasteiger partial charge is 0.433 e. The number of anilines is 1. The predicted octanol–water partition coefficient (Wildman–Crippen LogP) is 1.92. The highest BCUT2D eigenvalue weighted by atomic mass is 16.6. The first-order chi connectivity index (χ1) is 13.9. The summed E-state index contributed by atoms with van der Waals surface area (Å²) in [5, 5.41) is 13.4. The Balaban J connectivity index is 1.62. The minimum atomic E-state index is -0.722. The number of benzene rings is 1. The zero-order valence-corrected chi connectivity index (χ0v) is 16.0. The van der Waals surface area contributed by atoms with Crippen molar-refractivity contribution in [2.75, 3.05) is 39.7 Å². The van der Waals surface area contributed by atoms with Crippen LogP contribution in [0.1, 0.15) is 10.6 Å². The Morgan fingerprint density at radius 3 is 2.24 bits per heavy atom. The van der Waals surface area contributed by atoms with Crippen LogP contribution in [0.4, 0.5) is 11.6 Å². The molecule has 0 atom stereocenters. The molecule has 3 rings (SSSR count). The Morgan fingerprint density at radius 2 is 1.76 bits per heavy atom. The van der Waals surface area contributed by atoms with E-state index >= 15 is 0 Å². The molecule has 1 N–H and O–H groups in total. The number of rotatable bonds is 7. The fourth-order valence-corrected chi connectivity index (χ4v) is 2.90. The van der Waals surface area contributed by atoms with Crippen LogP contribution in [-0.2, 0) is 4.79 Å². The first-order valence-electron chi connectivity index (χ1n) is 8.52. The van der Waals surface area contributed by atoms with E-state index in [1.54, 1.807) is 12.1 Å². The zero-order valence-electron chi connectivity index (χ0n) is 16.0. The largest absolute Gasteiger partial charge is 0.493 e.